The van der Waals surface area contributed by atoms with E-state index in [-0.39, 0.29) is 11.9 Å². The van der Waals surface area contributed by atoms with Crippen molar-refractivity contribution in [3.8, 4) is 0 Å². The number of aliphatic hydroxyl groups is 1. The van der Waals surface area contributed by atoms with E-state index >= 15 is 0 Å². The maximum absolute atomic E-state index is 13.7. The number of aliphatic hydroxyl groups excluding tert-OH is 1. The van der Waals surface area contributed by atoms with E-state index in [9.17, 15) is 9.50 Å². The fourth-order valence-electron chi connectivity index (χ4n) is 1.87. The van der Waals surface area contributed by atoms with Crippen LogP contribution in [-0.4, -0.2) is 49.6 Å². The second-order valence-corrected chi connectivity index (χ2v) is 5.79. The first-order chi connectivity index (χ1) is 8.93. The second-order valence-electron chi connectivity index (χ2n) is 4.94. The summed E-state index contributed by atoms with van der Waals surface area (Å²) in [6.45, 7) is 3.07. The fourth-order valence-corrected chi connectivity index (χ4v) is 2.33. The van der Waals surface area contributed by atoms with Gasteiger partial charge in [0.15, 0.2) is 0 Å². The van der Waals surface area contributed by atoms with Crippen LogP contribution in [0.5, 0.6) is 0 Å². The lowest BCUT2D eigenvalue weighted by atomic mass is 10.1. The van der Waals surface area contributed by atoms with Gasteiger partial charge in [-0.05, 0) is 45.0 Å². The zero-order valence-electron chi connectivity index (χ0n) is 12.0. The van der Waals surface area contributed by atoms with Crippen molar-refractivity contribution >= 4 is 11.8 Å². The minimum atomic E-state index is -0.423. The molecular formula is C14H23FN2OS. The van der Waals surface area contributed by atoms with Crippen molar-refractivity contribution in [1.29, 1.82) is 0 Å². The zero-order chi connectivity index (χ0) is 14.4. The molecule has 0 radical (unpaired) electrons. The first-order valence-electron chi connectivity index (χ1n) is 6.33. The van der Waals surface area contributed by atoms with Gasteiger partial charge in [0.2, 0.25) is 0 Å². The van der Waals surface area contributed by atoms with Gasteiger partial charge in [-0.3, -0.25) is 0 Å². The molecule has 108 valence electrons. The number of thioether (sulfide) groups is 1. The highest BCUT2D eigenvalue weighted by molar-refractivity contribution is 7.98. The Bertz CT molecular complexity index is 401. The normalized spacial score (nSPS) is 14.7. The molecule has 1 rings (SSSR count). The maximum Gasteiger partial charge on any atom is 0.137 e. The standard InChI is InChI=1S/C14H23FN2OS/c1-10(16-8-12(18)9-17(2)3)11-5-6-14(19-4)13(15)7-11/h5-7,10,12,16,18H,8-9H2,1-4H3. The number of nitrogens with zero attached hydrogens (tertiary/aromatic N) is 1. The summed E-state index contributed by atoms with van der Waals surface area (Å²) < 4.78 is 13.7. The van der Waals surface area contributed by atoms with Gasteiger partial charge in [0.05, 0.1) is 6.10 Å². The summed E-state index contributed by atoms with van der Waals surface area (Å²) in [5.41, 5.74) is 0.896. The second kappa shape index (κ2) is 7.85. The number of halogens is 1. The Morgan fingerprint density at radius 3 is 2.63 bits per heavy atom. The number of hydrogen-bond acceptors (Lipinski definition) is 4. The number of likely N-dealkylation sites (N-methyl/N-ethyl adjacent to an activating group) is 1. The summed E-state index contributed by atoms with van der Waals surface area (Å²) in [5, 5.41) is 13.0. The van der Waals surface area contributed by atoms with Crippen molar-refractivity contribution in [2.24, 2.45) is 0 Å². The molecule has 0 aromatic heterocycles. The van der Waals surface area contributed by atoms with Crippen LogP contribution in [0, 0.1) is 5.82 Å². The first-order valence-corrected chi connectivity index (χ1v) is 7.56. The van der Waals surface area contributed by atoms with Crippen molar-refractivity contribution in [1.82, 2.24) is 10.2 Å². The molecule has 2 unspecified atom stereocenters. The molecule has 0 aliphatic heterocycles. The van der Waals surface area contributed by atoms with Crippen LogP contribution in [0.25, 0.3) is 0 Å². The summed E-state index contributed by atoms with van der Waals surface area (Å²) >= 11 is 1.40. The summed E-state index contributed by atoms with van der Waals surface area (Å²) in [7, 11) is 3.84. The van der Waals surface area contributed by atoms with Gasteiger partial charge in [0.1, 0.15) is 5.82 Å². The Morgan fingerprint density at radius 2 is 2.11 bits per heavy atom. The van der Waals surface area contributed by atoms with E-state index in [0.29, 0.717) is 18.0 Å². The average molecular weight is 286 g/mol. The highest BCUT2D eigenvalue weighted by atomic mass is 32.2. The molecule has 0 bridgehead atoms. The summed E-state index contributed by atoms with van der Waals surface area (Å²) in [5.74, 6) is -0.188. The van der Waals surface area contributed by atoms with Crippen LogP contribution in [0.2, 0.25) is 0 Å². The van der Waals surface area contributed by atoms with E-state index in [1.807, 2.05) is 38.2 Å². The lowest BCUT2D eigenvalue weighted by Gasteiger charge is -2.20. The Kier molecular flexibility index (Phi) is 6.79. The Morgan fingerprint density at radius 1 is 1.42 bits per heavy atom. The van der Waals surface area contributed by atoms with Gasteiger partial charge in [-0.15, -0.1) is 11.8 Å². The van der Waals surface area contributed by atoms with E-state index < -0.39 is 6.10 Å². The third kappa shape index (κ3) is 5.48. The molecule has 0 spiro atoms. The van der Waals surface area contributed by atoms with Gasteiger partial charge in [0, 0.05) is 24.0 Å². The molecule has 0 amide bonds. The summed E-state index contributed by atoms with van der Waals surface area (Å²) in [6.07, 6.45) is 1.44. The molecule has 0 aliphatic carbocycles. The van der Waals surface area contributed by atoms with Crippen molar-refractivity contribution in [2.45, 2.75) is 24.0 Å². The predicted octanol–water partition coefficient (Wildman–Crippen LogP) is 2.12. The van der Waals surface area contributed by atoms with Crippen LogP contribution in [0.1, 0.15) is 18.5 Å². The minimum absolute atomic E-state index is 0.0159. The summed E-state index contributed by atoms with van der Waals surface area (Å²) in [4.78, 5) is 2.59. The lowest BCUT2D eigenvalue weighted by Crippen LogP contribution is -2.36. The molecule has 3 nitrogen and oxygen atoms in total. The van der Waals surface area contributed by atoms with Crippen LogP contribution in [0.3, 0.4) is 0 Å². The van der Waals surface area contributed by atoms with Gasteiger partial charge in [-0.25, -0.2) is 4.39 Å². The molecule has 19 heavy (non-hydrogen) atoms. The number of rotatable bonds is 7. The molecular weight excluding hydrogens is 263 g/mol. The number of hydrogen-bond donors (Lipinski definition) is 2. The van der Waals surface area contributed by atoms with E-state index in [0.717, 1.165) is 5.56 Å². The lowest BCUT2D eigenvalue weighted by molar-refractivity contribution is 0.132. The third-order valence-corrected chi connectivity index (χ3v) is 3.68. The first kappa shape index (κ1) is 16.4. The van der Waals surface area contributed by atoms with E-state index in [4.69, 9.17) is 0 Å². The molecule has 1 aromatic rings. The SMILES string of the molecule is CSc1ccc(C(C)NCC(O)CN(C)C)cc1F. The van der Waals surface area contributed by atoms with Crippen molar-refractivity contribution in [3.05, 3.63) is 29.6 Å². The zero-order valence-corrected chi connectivity index (χ0v) is 12.8. The molecule has 0 heterocycles. The molecule has 2 atom stereocenters. The van der Waals surface area contributed by atoms with Gasteiger partial charge in [-0.2, -0.15) is 0 Å². The Labute approximate surface area is 119 Å². The fraction of sp³-hybridized carbons (Fsp3) is 0.571. The average Bonchev–Trinajstić information content (AvgIpc) is 2.35. The van der Waals surface area contributed by atoms with E-state index in [2.05, 4.69) is 5.32 Å². The molecule has 2 N–H and O–H groups in total. The molecule has 1 aromatic carbocycles. The quantitative estimate of drug-likeness (QED) is 0.753. The summed E-state index contributed by atoms with van der Waals surface area (Å²) in [6, 6.07) is 5.29. The van der Waals surface area contributed by atoms with Gasteiger partial charge in [0.25, 0.3) is 0 Å². The number of nitrogens with one attached hydrogen (secondary N) is 1. The largest absolute Gasteiger partial charge is 0.390 e. The van der Waals surface area contributed by atoms with Gasteiger partial charge in [-0.1, -0.05) is 6.07 Å². The topological polar surface area (TPSA) is 35.5 Å². The van der Waals surface area contributed by atoms with E-state index in [1.165, 1.54) is 11.8 Å². The molecule has 0 fully saturated rings. The van der Waals surface area contributed by atoms with Crippen LogP contribution in [0.15, 0.2) is 23.1 Å². The minimum Gasteiger partial charge on any atom is -0.390 e. The number of benzene rings is 1. The van der Waals surface area contributed by atoms with E-state index in [1.54, 1.807) is 12.1 Å². The predicted molar refractivity (Wildman–Crippen MR) is 79.2 cm³/mol. The smallest absolute Gasteiger partial charge is 0.137 e. The molecule has 5 heteroatoms. The molecule has 0 saturated carbocycles. The van der Waals surface area contributed by atoms with Gasteiger partial charge >= 0.3 is 0 Å². The highest BCUT2D eigenvalue weighted by Gasteiger charge is 2.11. The van der Waals surface area contributed by atoms with Crippen LogP contribution >= 0.6 is 11.8 Å². The molecule has 0 saturated heterocycles. The van der Waals surface area contributed by atoms with Crippen LogP contribution in [-0.2, 0) is 0 Å². The highest BCUT2D eigenvalue weighted by Crippen LogP contribution is 2.22. The Hall–Kier alpha value is -0.620. The van der Waals surface area contributed by atoms with Crippen molar-refractivity contribution in [2.75, 3.05) is 33.4 Å². The Balaban J connectivity index is 2.53. The monoisotopic (exact) mass is 286 g/mol. The molecule has 0 aliphatic rings. The van der Waals surface area contributed by atoms with Crippen LogP contribution < -0.4 is 5.32 Å². The maximum atomic E-state index is 13.7. The van der Waals surface area contributed by atoms with Gasteiger partial charge < -0.3 is 15.3 Å². The van der Waals surface area contributed by atoms with Crippen molar-refractivity contribution < 1.29 is 9.50 Å². The van der Waals surface area contributed by atoms with Crippen molar-refractivity contribution in [3.63, 3.8) is 0 Å². The van der Waals surface area contributed by atoms with Crippen LogP contribution in [0.4, 0.5) is 4.39 Å². The third-order valence-electron chi connectivity index (χ3n) is 2.91.